The Morgan fingerprint density at radius 3 is 2.88 bits per heavy atom. The van der Waals surface area contributed by atoms with Crippen LogP contribution in [0, 0.1) is 11.8 Å². The minimum atomic E-state index is -0.982. The molecule has 2 unspecified atom stereocenters. The highest BCUT2D eigenvalue weighted by Gasteiger charge is 2.73. The number of carboxylic acids is 1. The van der Waals surface area contributed by atoms with Gasteiger partial charge in [-0.15, -0.1) is 23.4 Å². The largest absolute Gasteiger partial charge is 0.481 e. The van der Waals surface area contributed by atoms with Crippen LogP contribution in [-0.2, 0) is 21.1 Å². The molecule has 34 heavy (non-hydrogen) atoms. The fraction of sp³-hybridized carbons (Fsp3) is 0.522. The number of likely N-dealkylation sites (tertiary alicyclic amines) is 1. The summed E-state index contributed by atoms with van der Waals surface area (Å²) in [6.07, 6.45) is 3.22. The highest BCUT2D eigenvalue weighted by atomic mass is 32.2. The predicted octanol–water partition coefficient (Wildman–Crippen LogP) is 0.962. The van der Waals surface area contributed by atoms with E-state index in [1.807, 2.05) is 24.3 Å². The van der Waals surface area contributed by atoms with Crippen molar-refractivity contribution in [3.05, 3.63) is 36.9 Å². The van der Waals surface area contributed by atoms with Gasteiger partial charge in [-0.05, 0) is 31.4 Å². The molecule has 1 aromatic carbocycles. The molecule has 11 heteroatoms. The van der Waals surface area contributed by atoms with Gasteiger partial charge in [0, 0.05) is 24.9 Å². The topological polar surface area (TPSA) is 129 Å². The van der Waals surface area contributed by atoms with Crippen molar-refractivity contribution in [2.75, 3.05) is 19.7 Å². The number of para-hydroxylation sites is 1. The van der Waals surface area contributed by atoms with Crippen LogP contribution in [0.3, 0.4) is 0 Å². The second-order valence-corrected chi connectivity index (χ2v) is 10.7. The van der Waals surface area contributed by atoms with Gasteiger partial charge >= 0.3 is 5.97 Å². The fourth-order valence-corrected chi connectivity index (χ4v) is 8.13. The van der Waals surface area contributed by atoms with Crippen molar-refractivity contribution in [2.24, 2.45) is 11.8 Å². The van der Waals surface area contributed by atoms with Crippen molar-refractivity contribution in [3.8, 4) is 0 Å². The van der Waals surface area contributed by atoms with Crippen LogP contribution in [0.15, 0.2) is 36.9 Å². The van der Waals surface area contributed by atoms with Crippen LogP contribution in [0.5, 0.6) is 0 Å². The molecule has 5 rings (SSSR count). The monoisotopic (exact) mass is 485 g/mol. The lowest BCUT2D eigenvalue weighted by atomic mass is 9.71. The molecule has 1 aromatic heterocycles. The molecular formula is C23H27N5O5S. The van der Waals surface area contributed by atoms with Crippen LogP contribution >= 0.6 is 11.8 Å². The minimum Gasteiger partial charge on any atom is -0.481 e. The number of aliphatic carboxylic acids is 1. The molecule has 2 N–H and O–H groups in total. The van der Waals surface area contributed by atoms with E-state index in [2.05, 4.69) is 16.9 Å². The van der Waals surface area contributed by atoms with Crippen molar-refractivity contribution in [2.45, 2.75) is 42.0 Å². The molecule has 0 aliphatic carbocycles. The van der Waals surface area contributed by atoms with E-state index in [1.54, 1.807) is 15.7 Å². The third-order valence-corrected chi connectivity index (χ3v) is 9.21. The standard InChI is InChI=1S/C23H27N5O5S/c1-2-10-26(13-28-15-7-4-3-6-14(15)24-25-28)21(31)19-23-9-8-16(34-23)17(22(32)33)18(23)20(30)27(19)11-5-12-29/h2-4,6-7,16-19,29H,1,5,8-13H2,(H,32,33)/t16-,17+,18+,19?,23?/m1/s1. The number of aliphatic hydroxyl groups is 1. The van der Waals surface area contributed by atoms with Crippen LogP contribution in [0.1, 0.15) is 19.3 Å². The molecule has 0 saturated carbocycles. The van der Waals surface area contributed by atoms with Gasteiger partial charge in [-0.2, -0.15) is 0 Å². The van der Waals surface area contributed by atoms with Crippen LogP contribution in [0.25, 0.3) is 11.0 Å². The van der Waals surface area contributed by atoms with Crippen LogP contribution < -0.4 is 0 Å². The lowest BCUT2D eigenvalue weighted by Gasteiger charge is -2.37. The maximum Gasteiger partial charge on any atom is 0.308 e. The number of benzene rings is 1. The van der Waals surface area contributed by atoms with E-state index in [0.717, 1.165) is 5.52 Å². The Morgan fingerprint density at radius 2 is 2.15 bits per heavy atom. The van der Waals surface area contributed by atoms with Crippen molar-refractivity contribution in [1.82, 2.24) is 24.8 Å². The number of thioether (sulfide) groups is 1. The summed E-state index contributed by atoms with van der Waals surface area (Å²) in [5.41, 5.74) is 1.49. The molecule has 180 valence electrons. The molecule has 3 fully saturated rings. The number of carboxylic acid groups (broad SMARTS) is 1. The summed E-state index contributed by atoms with van der Waals surface area (Å²) in [6, 6.07) is 6.65. The molecular weight excluding hydrogens is 458 g/mol. The summed E-state index contributed by atoms with van der Waals surface area (Å²) in [4.78, 5) is 42.9. The number of aromatic nitrogens is 3. The summed E-state index contributed by atoms with van der Waals surface area (Å²) in [5, 5.41) is 27.5. The maximum atomic E-state index is 14.1. The van der Waals surface area contributed by atoms with Crippen LogP contribution in [0.2, 0.25) is 0 Å². The first-order valence-corrected chi connectivity index (χ1v) is 12.3. The van der Waals surface area contributed by atoms with E-state index in [1.165, 1.54) is 16.7 Å². The molecule has 2 aromatic rings. The SMILES string of the molecule is C=CCN(Cn1nnc2ccccc21)C(=O)C1N(CCCO)C(=O)[C@@H]2[C@@H](C(=O)O)[C@H]3CCC12S3. The smallest absolute Gasteiger partial charge is 0.308 e. The molecule has 1 spiro atoms. The van der Waals surface area contributed by atoms with Crippen molar-refractivity contribution in [3.63, 3.8) is 0 Å². The third kappa shape index (κ3) is 3.32. The predicted molar refractivity (Wildman–Crippen MR) is 125 cm³/mol. The quantitative estimate of drug-likeness (QED) is 0.503. The van der Waals surface area contributed by atoms with E-state index < -0.39 is 28.6 Å². The van der Waals surface area contributed by atoms with E-state index in [9.17, 15) is 24.6 Å². The zero-order valence-electron chi connectivity index (χ0n) is 18.6. The number of aliphatic hydroxyl groups excluding tert-OH is 1. The van der Waals surface area contributed by atoms with Gasteiger partial charge in [0.2, 0.25) is 11.8 Å². The van der Waals surface area contributed by atoms with E-state index in [-0.39, 0.29) is 43.4 Å². The Labute approximate surface area is 200 Å². The Kier molecular flexibility index (Phi) is 5.85. The normalized spacial score (nSPS) is 29.6. The van der Waals surface area contributed by atoms with Gasteiger partial charge < -0.3 is 20.0 Å². The molecule has 5 atom stereocenters. The molecule has 2 bridgehead atoms. The number of hydrogen-bond donors (Lipinski definition) is 2. The van der Waals surface area contributed by atoms with Gasteiger partial charge in [0.25, 0.3) is 0 Å². The summed E-state index contributed by atoms with van der Waals surface area (Å²) in [7, 11) is 0. The van der Waals surface area contributed by atoms with Gasteiger partial charge in [-0.3, -0.25) is 14.4 Å². The first kappa shape index (κ1) is 22.9. The van der Waals surface area contributed by atoms with Gasteiger partial charge in [-0.25, -0.2) is 4.68 Å². The Bertz CT molecular complexity index is 1150. The maximum absolute atomic E-state index is 14.1. The Balaban J connectivity index is 1.51. The highest BCUT2D eigenvalue weighted by molar-refractivity contribution is 8.02. The molecule has 0 radical (unpaired) electrons. The lowest BCUT2D eigenvalue weighted by molar-refractivity contribution is -0.148. The summed E-state index contributed by atoms with van der Waals surface area (Å²) in [6.45, 7) is 4.24. The first-order chi connectivity index (χ1) is 16.4. The number of fused-ring (bicyclic) bond motifs is 2. The summed E-state index contributed by atoms with van der Waals surface area (Å²) >= 11 is 1.50. The van der Waals surface area contributed by atoms with E-state index in [0.29, 0.717) is 24.8 Å². The Morgan fingerprint density at radius 1 is 1.35 bits per heavy atom. The second-order valence-electron chi connectivity index (χ2n) is 9.07. The summed E-state index contributed by atoms with van der Waals surface area (Å²) in [5.74, 6) is -3.07. The van der Waals surface area contributed by atoms with Gasteiger partial charge in [-0.1, -0.05) is 23.4 Å². The summed E-state index contributed by atoms with van der Waals surface area (Å²) < 4.78 is 0.862. The number of hydrogen-bond acceptors (Lipinski definition) is 7. The lowest BCUT2D eigenvalue weighted by Crippen LogP contribution is -2.55. The average molecular weight is 486 g/mol. The van der Waals surface area contributed by atoms with Crippen molar-refractivity contribution < 1.29 is 24.6 Å². The van der Waals surface area contributed by atoms with E-state index >= 15 is 0 Å². The molecule has 4 heterocycles. The minimum absolute atomic E-state index is 0.123. The Hall–Kier alpha value is -2.92. The molecule has 3 aliphatic rings. The van der Waals surface area contributed by atoms with Crippen LogP contribution in [0.4, 0.5) is 0 Å². The van der Waals surface area contributed by atoms with Crippen LogP contribution in [-0.4, -0.2) is 88.5 Å². The molecule has 10 nitrogen and oxygen atoms in total. The second kappa shape index (κ2) is 8.70. The number of amides is 2. The number of rotatable bonds is 9. The van der Waals surface area contributed by atoms with E-state index in [4.69, 9.17) is 0 Å². The fourth-order valence-electron chi connectivity index (χ4n) is 5.93. The number of carbonyl (C=O) groups is 3. The zero-order valence-corrected chi connectivity index (χ0v) is 19.4. The average Bonchev–Trinajstić information content (AvgIpc) is 3.56. The third-order valence-electron chi connectivity index (χ3n) is 7.26. The van der Waals surface area contributed by atoms with Gasteiger partial charge in [0.1, 0.15) is 18.2 Å². The molecule has 2 amide bonds. The van der Waals surface area contributed by atoms with Gasteiger partial charge in [0.15, 0.2) is 0 Å². The highest BCUT2D eigenvalue weighted by Crippen LogP contribution is 2.66. The van der Waals surface area contributed by atoms with Crippen molar-refractivity contribution in [1.29, 1.82) is 0 Å². The number of nitrogens with zero attached hydrogens (tertiary/aromatic N) is 5. The van der Waals surface area contributed by atoms with Crippen molar-refractivity contribution >= 4 is 40.6 Å². The molecule has 3 aliphatic heterocycles. The van der Waals surface area contributed by atoms with Gasteiger partial charge in [0.05, 0.1) is 22.1 Å². The number of carbonyl (C=O) groups excluding carboxylic acids is 2. The molecule has 3 saturated heterocycles. The first-order valence-electron chi connectivity index (χ1n) is 11.4. The zero-order chi connectivity index (χ0) is 24.0.